The minimum absolute atomic E-state index is 0.145. The summed E-state index contributed by atoms with van der Waals surface area (Å²) in [5, 5.41) is 20.3. The van der Waals surface area contributed by atoms with Crippen LogP contribution in [0.5, 0.6) is 0 Å². The van der Waals surface area contributed by atoms with Crippen molar-refractivity contribution in [1.82, 2.24) is 5.32 Å². The summed E-state index contributed by atoms with van der Waals surface area (Å²) in [6.07, 6.45) is 0.168. The Bertz CT molecular complexity index is 161. The molecule has 0 heterocycles. The number of hydrogen-bond donors (Lipinski definition) is 3. The SMILES string of the molecule is CC(=O)N[C@@H](CO)COCC[C@@H](C)O. The van der Waals surface area contributed by atoms with Crippen LogP contribution in [0.25, 0.3) is 0 Å². The standard InChI is InChI=1S/C9H19NO4/c1-7(12)3-4-14-6-9(5-11)10-8(2)13/h7,9,11-12H,3-6H2,1-2H3,(H,10,13)/t7-,9+/m1/s1. The van der Waals surface area contributed by atoms with E-state index >= 15 is 0 Å². The fraction of sp³-hybridized carbons (Fsp3) is 0.889. The van der Waals surface area contributed by atoms with Gasteiger partial charge in [-0.1, -0.05) is 0 Å². The van der Waals surface area contributed by atoms with Crippen LogP contribution in [0.3, 0.4) is 0 Å². The van der Waals surface area contributed by atoms with Crippen LogP contribution in [-0.2, 0) is 9.53 Å². The van der Waals surface area contributed by atoms with Gasteiger partial charge in [0, 0.05) is 13.5 Å². The van der Waals surface area contributed by atoms with E-state index < -0.39 is 0 Å². The lowest BCUT2D eigenvalue weighted by molar-refractivity contribution is -0.120. The van der Waals surface area contributed by atoms with Gasteiger partial charge in [0.2, 0.25) is 5.91 Å². The molecule has 0 saturated carbocycles. The number of nitrogens with one attached hydrogen (secondary N) is 1. The maximum absolute atomic E-state index is 10.6. The van der Waals surface area contributed by atoms with Crippen molar-refractivity contribution in [2.75, 3.05) is 19.8 Å². The van der Waals surface area contributed by atoms with Crippen molar-refractivity contribution < 1.29 is 19.7 Å². The van der Waals surface area contributed by atoms with E-state index in [0.717, 1.165) is 0 Å². The van der Waals surface area contributed by atoms with Crippen LogP contribution in [-0.4, -0.2) is 48.1 Å². The van der Waals surface area contributed by atoms with Crippen molar-refractivity contribution in [3.63, 3.8) is 0 Å². The molecule has 0 rings (SSSR count). The van der Waals surface area contributed by atoms with E-state index in [9.17, 15) is 4.79 Å². The van der Waals surface area contributed by atoms with Gasteiger partial charge in [0.15, 0.2) is 0 Å². The molecular weight excluding hydrogens is 186 g/mol. The highest BCUT2D eigenvalue weighted by molar-refractivity contribution is 5.73. The zero-order chi connectivity index (χ0) is 11.0. The fourth-order valence-electron chi connectivity index (χ4n) is 0.907. The molecule has 0 unspecified atom stereocenters. The number of aliphatic hydroxyl groups excluding tert-OH is 2. The number of ether oxygens (including phenoxy) is 1. The van der Waals surface area contributed by atoms with Crippen molar-refractivity contribution in [2.24, 2.45) is 0 Å². The Hall–Kier alpha value is -0.650. The van der Waals surface area contributed by atoms with Gasteiger partial charge in [-0.3, -0.25) is 4.79 Å². The second-order valence-electron chi connectivity index (χ2n) is 3.29. The Morgan fingerprint density at radius 3 is 2.64 bits per heavy atom. The third-order valence-corrected chi connectivity index (χ3v) is 1.63. The largest absolute Gasteiger partial charge is 0.394 e. The summed E-state index contributed by atoms with van der Waals surface area (Å²) in [7, 11) is 0. The molecule has 0 aliphatic rings. The Morgan fingerprint density at radius 2 is 2.21 bits per heavy atom. The number of carbonyl (C=O) groups excluding carboxylic acids is 1. The van der Waals surface area contributed by atoms with Crippen molar-refractivity contribution in [3.8, 4) is 0 Å². The van der Waals surface area contributed by atoms with E-state index in [4.69, 9.17) is 14.9 Å². The summed E-state index contributed by atoms with van der Waals surface area (Å²) < 4.78 is 5.16. The third-order valence-electron chi connectivity index (χ3n) is 1.63. The van der Waals surface area contributed by atoms with Crippen molar-refractivity contribution >= 4 is 5.91 Å². The molecule has 3 N–H and O–H groups in total. The van der Waals surface area contributed by atoms with Gasteiger partial charge in [-0.25, -0.2) is 0 Å². The lowest BCUT2D eigenvalue weighted by Gasteiger charge is -2.15. The van der Waals surface area contributed by atoms with Gasteiger partial charge >= 0.3 is 0 Å². The molecular formula is C9H19NO4. The molecule has 0 saturated heterocycles. The normalized spacial score (nSPS) is 14.9. The molecule has 2 atom stereocenters. The highest BCUT2D eigenvalue weighted by atomic mass is 16.5. The fourth-order valence-corrected chi connectivity index (χ4v) is 0.907. The summed E-state index contributed by atoms with van der Waals surface area (Å²) in [6.45, 7) is 3.62. The first-order chi connectivity index (χ1) is 6.56. The van der Waals surface area contributed by atoms with E-state index in [0.29, 0.717) is 13.0 Å². The highest BCUT2D eigenvalue weighted by Gasteiger charge is 2.08. The number of hydrogen-bond acceptors (Lipinski definition) is 4. The second kappa shape index (κ2) is 7.73. The molecule has 0 fully saturated rings. The van der Waals surface area contributed by atoms with Gasteiger partial charge in [0.05, 0.1) is 25.4 Å². The smallest absolute Gasteiger partial charge is 0.217 e. The molecule has 0 aromatic carbocycles. The van der Waals surface area contributed by atoms with E-state index in [-0.39, 0.29) is 31.3 Å². The molecule has 0 bridgehead atoms. The molecule has 14 heavy (non-hydrogen) atoms. The highest BCUT2D eigenvalue weighted by Crippen LogP contribution is 1.92. The van der Waals surface area contributed by atoms with Crippen LogP contribution < -0.4 is 5.32 Å². The molecule has 5 nitrogen and oxygen atoms in total. The van der Waals surface area contributed by atoms with Gasteiger partial charge in [-0.2, -0.15) is 0 Å². The average Bonchev–Trinajstić information content (AvgIpc) is 2.09. The topological polar surface area (TPSA) is 78.8 Å². The van der Waals surface area contributed by atoms with Crippen LogP contribution in [0, 0.1) is 0 Å². The summed E-state index contributed by atoms with van der Waals surface area (Å²) in [6, 6.07) is -0.360. The van der Waals surface area contributed by atoms with Crippen LogP contribution >= 0.6 is 0 Å². The molecule has 0 spiro atoms. The summed E-state index contributed by atoms with van der Waals surface area (Å²) in [4.78, 5) is 10.6. The monoisotopic (exact) mass is 205 g/mol. The average molecular weight is 205 g/mol. The summed E-state index contributed by atoms with van der Waals surface area (Å²) >= 11 is 0. The molecule has 0 aliphatic carbocycles. The van der Waals surface area contributed by atoms with Gasteiger partial charge in [-0.05, 0) is 13.3 Å². The first kappa shape index (κ1) is 13.4. The van der Waals surface area contributed by atoms with Crippen LogP contribution in [0.4, 0.5) is 0 Å². The minimum Gasteiger partial charge on any atom is -0.394 e. The number of aliphatic hydroxyl groups is 2. The Balaban J connectivity index is 3.47. The summed E-state index contributed by atoms with van der Waals surface area (Å²) in [5.74, 6) is -0.192. The van der Waals surface area contributed by atoms with Crippen molar-refractivity contribution in [3.05, 3.63) is 0 Å². The third kappa shape index (κ3) is 7.97. The molecule has 84 valence electrons. The minimum atomic E-state index is -0.386. The van der Waals surface area contributed by atoms with Crippen LogP contribution in [0.1, 0.15) is 20.3 Å². The number of carbonyl (C=O) groups is 1. The maximum Gasteiger partial charge on any atom is 0.217 e. The van der Waals surface area contributed by atoms with E-state index in [2.05, 4.69) is 5.32 Å². The molecule has 0 radical (unpaired) electrons. The molecule has 0 aromatic heterocycles. The maximum atomic E-state index is 10.6. The van der Waals surface area contributed by atoms with E-state index in [1.54, 1.807) is 6.92 Å². The van der Waals surface area contributed by atoms with E-state index in [1.807, 2.05) is 0 Å². The zero-order valence-corrected chi connectivity index (χ0v) is 8.69. The predicted molar refractivity (Wildman–Crippen MR) is 51.8 cm³/mol. The summed E-state index contributed by atoms with van der Waals surface area (Å²) in [5.41, 5.74) is 0. The van der Waals surface area contributed by atoms with Crippen LogP contribution in [0.2, 0.25) is 0 Å². The number of rotatable bonds is 7. The Morgan fingerprint density at radius 1 is 1.57 bits per heavy atom. The second-order valence-corrected chi connectivity index (χ2v) is 3.29. The Labute approximate surface area is 84.1 Å². The zero-order valence-electron chi connectivity index (χ0n) is 8.69. The van der Waals surface area contributed by atoms with Gasteiger partial charge in [0.25, 0.3) is 0 Å². The lowest BCUT2D eigenvalue weighted by Crippen LogP contribution is -2.39. The molecule has 0 aliphatic heterocycles. The van der Waals surface area contributed by atoms with E-state index in [1.165, 1.54) is 6.92 Å². The lowest BCUT2D eigenvalue weighted by atomic mass is 10.3. The molecule has 1 amide bonds. The van der Waals surface area contributed by atoms with Crippen molar-refractivity contribution in [1.29, 1.82) is 0 Å². The quantitative estimate of drug-likeness (QED) is 0.479. The Kier molecular flexibility index (Phi) is 7.37. The molecule has 5 heteroatoms. The van der Waals surface area contributed by atoms with Crippen molar-refractivity contribution in [2.45, 2.75) is 32.4 Å². The predicted octanol–water partition coefficient (Wildman–Crippen LogP) is -0.729. The molecule has 0 aromatic rings. The van der Waals surface area contributed by atoms with Crippen LogP contribution in [0.15, 0.2) is 0 Å². The van der Waals surface area contributed by atoms with Gasteiger partial charge < -0.3 is 20.3 Å². The van der Waals surface area contributed by atoms with Gasteiger partial charge in [-0.15, -0.1) is 0 Å². The number of amides is 1. The van der Waals surface area contributed by atoms with Gasteiger partial charge in [0.1, 0.15) is 0 Å². The first-order valence-electron chi connectivity index (χ1n) is 4.70. The first-order valence-corrected chi connectivity index (χ1v) is 4.70.